The van der Waals surface area contributed by atoms with Gasteiger partial charge in [-0.3, -0.25) is 0 Å². The molecule has 1 aliphatic heterocycles. The molecule has 0 saturated carbocycles. The zero-order chi connectivity index (χ0) is 11.1. The second-order valence-electron chi connectivity index (χ2n) is 4.14. The molecule has 2 nitrogen and oxygen atoms in total. The molecule has 0 aromatic carbocycles. The summed E-state index contributed by atoms with van der Waals surface area (Å²) in [5.74, 6) is 1.06. The number of hydrogen-bond donors (Lipinski definition) is 1. The van der Waals surface area contributed by atoms with Crippen LogP contribution in [0.3, 0.4) is 0 Å². The topological polar surface area (TPSA) is 21.3 Å². The quantitative estimate of drug-likeness (QED) is 0.535. The van der Waals surface area contributed by atoms with E-state index in [1.54, 1.807) is 0 Å². The minimum Gasteiger partial charge on any atom is -0.377 e. The van der Waals surface area contributed by atoms with E-state index < -0.39 is 0 Å². The first kappa shape index (κ1) is 13.1. The van der Waals surface area contributed by atoms with Crippen molar-refractivity contribution >= 4 is 11.8 Å². The first-order chi connectivity index (χ1) is 7.24. The molecule has 2 unspecified atom stereocenters. The standard InChI is InChI=1S/C12H23NOS/c1-4-6-13-8-10(2)9-15-12-5-7-14-11(12)3/h11-13H,2,4-9H2,1,3H3. The number of nitrogens with one attached hydrogen (secondary N) is 1. The van der Waals surface area contributed by atoms with Gasteiger partial charge >= 0.3 is 0 Å². The molecule has 0 radical (unpaired) electrons. The smallest absolute Gasteiger partial charge is 0.0666 e. The Morgan fingerprint density at radius 1 is 1.60 bits per heavy atom. The third-order valence-electron chi connectivity index (χ3n) is 2.61. The molecule has 1 aliphatic rings. The van der Waals surface area contributed by atoms with E-state index in [9.17, 15) is 0 Å². The van der Waals surface area contributed by atoms with Gasteiger partial charge in [-0.05, 0) is 26.3 Å². The van der Waals surface area contributed by atoms with Crippen molar-refractivity contribution in [3.63, 3.8) is 0 Å². The van der Waals surface area contributed by atoms with Crippen molar-refractivity contribution < 1.29 is 4.74 Å². The highest BCUT2D eigenvalue weighted by Gasteiger charge is 2.24. The summed E-state index contributed by atoms with van der Waals surface area (Å²) in [6, 6.07) is 0. The molecule has 1 rings (SSSR count). The van der Waals surface area contributed by atoms with Crippen LogP contribution in [-0.2, 0) is 4.74 Å². The van der Waals surface area contributed by atoms with E-state index in [0.29, 0.717) is 11.4 Å². The van der Waals surface area contributed by atoms with Gasteiger partial charge in [0.25, 0.3) is 0 Å². The van der Waals surface area contributed by atoms with Crippen molar-refractivity contribution in [2.24, 2.45) is 0 Å². The number of hydrogen-bond acceptors (Lipinski definition) is 3. The van der Waals surface area contributed by atoms with Crippen molar-refractivity contribution in [1.29, 1.82) is 0 Å². The summed E-state index contributed by atoms with van der Waals surface area (Å²) in [6.45, 7) is 11.4. The van der Waals surface area contributed by atoms with Gasteiger partial charge in [-0.1, -0.05) is 19.1 Å². The predicted octanol–water partition coefficient (Wildman–Crippen LogP) is 2.45. The van der Waals surface area contributed by atoms with Gasteiger partial charge in [-0.15, -0.1) is 0 Å². The third kappa shape index (κ3) is 5.05. The lowest BCUT2D eigenvalue weighted by Crippen LogP contribution is -2.20. The van der Waals surface area contributed by atoms with Gasteiger partial charge in [-0.25, -0.2) is 0 Å². The van der Waals surface area contributed by atoms with Crippen LogP contribution in [0, 0.1) is 0 Å². The number of ether oxygens (including phenoxy) is 1. The second kappa shape index (κ2) is 7.31. The Morgan fingerprint density at radius 3 is 3.00 bits per heavy atom. The predicted molar refractivity (Wildman–Crippen MR) is 68.6 cm³/mol. The van der Waals surface area contributed by atoms with E-state index in [1.165, 1.54) is 18.4 Å². The highest BCUT2D eigenvalue weighted by atomic mass is 32.2. The van der Waals surface area contributed by atoms with Gasteiger partial charge in [0.2, 0.25) is 0 Å². The molecule has 88 valence electrons. The third-order valence-corrected chi connectivity index (χ3v) is 4.23. The monoisotopic (exact) mass is 229 g/mol. The SMILES string of the molecule is C=C(CNCCC)CSC1CCOC1C. The lowest BCUT2D eigenvalue weighted by molar-refractivity contribution is 0.127. The van der Waals surface area contributed by atoms with E-state index in [-0.39, 0.29) is 0 Å². The van der Waals surface area contributed by atoms with Crippen LogP contribution in [0.25, 0.3) is 0 Å². The Balaban J connectivity index is 2.05. The Morgan fingerprint density at radius 2 is 2.40 bits per heavy atom. The van der Waals surface area contributed by atoms with Crippen molar-refractivity contribution in [3.8, 4) is 0 Å². The molecule has 15 heavy (non-hydrogen) atoms. The summed E-state index contributed by atoms with van der Waals surface area (Å²) >= 11 is 1.99. The first-order valence-electron chi connectivity index (χ1n) is 5.84. The molecule has 0 aliphatic carbocycles. The summed E-state index contributed by atoms with van der Waals surface area (Å²) in [5, 5.41) is 4.05. The summed E-state index contributed by atoms with van der Waals surface area (Å²) < 4.78 is 5.53. The zero-order valence-electron chi connectivity index (χ0n) is 9.92. The molecule has 1 N–H and O–H groups in total. The van der Waals surface area contributed by atoms with Crippen LogP contribution in [0.5, 0.6) is 0 Å². The van der Waals surface area contributed by atoms with Crippen LogP contribution in [0.15, 0.2) is 12.2 Å². The van der Waals surface area contributed by atoms with Crippen molar-refractivity contribution in [3.05, 3.63) is 12.2 Å². The van der Waals surface area contributed by atoms with E-state index >= 15 is 0 Å². The largest absolute Gasteiger partial charge is 0.377 e. The van der Waals surface area contributed by atoms with Crippen LogP contribution < -0.4 is 5.32 Å². The molecular weight excluding hydrogens is 206 g/mol. The van der Waals surface area contributed by atoms with Gasteiger partial charge in [0, 0.05) is 24.2 Å². The normalized spacial score (nSPS) is 25.7. The molecule has 0 amide bonds. The second-order valence-corrected chi connectivity index (χ2v) is 5.37. The molecule has 2 atom stereocenters. The molecular formula is C12H23NOS. The van der Waals surface area contributed by atoms with Crippen molar-refractivity contribution in [2.75, 3.05) is 25.4 Å². The Bertz CT molecular complexity index is 196. The maximum absolute atomic E-state index is 5.53. The molecule has 0 aromatic rings. The summed E-state index contributed by atoms with van der Waals surface area (Å²) in [7, 11) is 0. The lowest BCUT2D eigenvalue weighted by Gasteiger charge is -2.14. The van der Waals surface area contributed by atoms with Crippen LogP contribution in [-0.4, -0.2) is 36.8 Å². The van der Waals surface area contributed by atoms with E-state index in [2.05, 4.69) is 25.7 Å². The fourth-order valence-corrected chi connectivity index (χ4v) is 2.81. The zero-order valence-corrected chi connectivity index (χ0v) is 10.7. The first-order valence-corrected chi connectivity index (χ1v) is 6.89. The molecule has 1 heterocycles. The highest BCUT2D eigenvalue weighted by molar-refractivity contribution is 8.00. The minimum atomic E-state index is 0.423. The lowest BCUT2D eigenvalue weighted by atomic mass is 10.3. The van der Waals surface area contributed by atoms with Gasteiger partial charge in [0.1, 0.15) is 0 Å². The van der Waals surface area contributed by atoms with E-state index in [4.69, 9.17) is 4.74 Å². The van der Waals surface area contributed by atoms with Gasteiger partial charge < -0.3 is 10.1 Å². The van der Waals surface area contributed by atoms with Crippen LogP contribution in [0.1, 0.15) is 26.7 Å². The maximum atomic E-state index is 5.53. The molecule has 0 aromatic heterocycles. The average Bonchev–Trinajstić information content (AvgIpc) is 2.61. The summed E-state index contributed by atoms with van der Waals surface area (Å²) in [4.78, 5) is 0. The number of thioether (sulfide) groups is 1. The fraction of sp³-hybridized carbons (Fsp3) is 0.833. The highest BCUT2D eigenvalue weighted by Crippen LogP contribution is 2.27. The van der Waals surface area contributed by atoms with Gasteiger partial charge in [0.15, 0.2) is 0 Å². The van der Waals surface area contributed by atoms with Crippen LogP contribution in [0.2, 0.25) is 0 Å². The molecule has 0 bridgehead atoms. The summed E-state index contributed by atoms with van der Waals surface area (Å²) in [6.07, 6.45) is 2.81. The minimum absolute atomic E-state index is 0.423. The van der Waals surface area contributed by atoms with Crippen LogP contribution >= 0.6 is 11.8 Å². The van der Waals surface area contributed by atoms with E-state index in [1.807, 2.05) is 11.8 Å². The Labute approximate surface area is 97.8 Å². The molecule has 1 saturated heterocycles. The van der Waals surface area contributed by atoms with E-state index in [0.717, 1.165) is 25.4 Å². The van der Waals surface area contributed by atoms with Gasteiger partial charge in [0.05, 0.1) is 6.10 Å². The Kier molecular flexibility index (Phi) is 6.37. The Hall–Kier alpha value is 0.01000. The molecule has 1 fully saturated rings. The molecule has 3 heteroatoms. The molecule has 0 spiro atoms. The van der Waals surface area contributed by atoms with Crippen LogP contribution in [0.4, 0.5) is 0 Å². The number of rotatable bonds is 7. The van der Waals surface area contributed by atoms with Crippen molar-refractivity contribution in [2.45, 2.75) is 38.0 Å². The average molecular weight is 229 g/mol. The maximum Gasteiger partial charge on any atom is 0.0666 e. The fourth-order valence-electron chi connectivity index (χ4n) is 1.65. The van der Waals surface area contributed by atoms with Gasteiger partial charge in [-0.2, -0.15) is 11.8 Å². The van der Waals surface area contributed by atoms with Crippen molar-refractivity contribution in [1.82, 2.24) is 5.32 Å². The summed E-state index contributed by atoms with van der Waals surface area (Å²) in [5.41, 5.74) is 1.30.